The fourth-order valence-corrected chi connectivity index (χ4v) is 3.42. The van der Waals surface area contributed by atoms with E-state index in [1.54, 1.807) is 19.2 Å². The molecule has 20 heavy (non-hydrogen) atoms. The van der Waals surface area contributed by atoms with E-state index in [4.69, 9.17) is 5.73 Å². The molecule has 0 aliphatic carbocycles. The molecule has 5 nitrogen and oxygen atoms in total. The zero-order valence-electron chi connectivity index (χ0n) is 12.7. The summed E-state index contributed by atoms with van der Waals surface area (Å²) in [6.45, 7) is 6.58. The average Bonchev–Trinajstić information content (AvgIpc) is 2.39. The van der Waals surface area contributed by atoms with E-state index in [1.807, 2.05) is 32.9 Å². The number of hydrogen-bond acceptors (Lipinski definition) is 3. The monoisotopic (exact) mass is 299 g/mol. The van der Waals surface area contributed by atoms with Gasteiger partial charge in [0.25, 0.3) is 10.2 Å². The number of hydrogen-bond donors (Lipinski definition) is 1. The molecule has 0 saturated heterocycles. The minimum absolute atomic E-state index is 0.0641. The molecule has 0 aromatic heterocycles. The van der Waals surface area contributed by atoms with Crippen molar-refractivity contribution in [1.29, 1.82) is 0 Å². The van der Waals surface area contributed by atoms with Crippen molar-refractivity contribution in [1.82, 2.24) is 8.61 Å². The quantitative estimate of drug-likeness (QED) is 0.784. The predicted octanol–water partition coefficient (Wildman–Crippen LogP) is 2.07. The van der Waals surface area contributed by atoms with E-state index in [0.29, 0.717) is 18.8 Å². The average molecular weight is 299 g/mol. The summed E-state index contributed by atoms with van der Waals surface area (Å²) >= 11 is 0. The zero-order chi connectivity index (χ0) is 15.3. The van der Waals surface area contributed by atoms with Gasteiger partial charge < -0.3 is 5.73 Å². The lowest BCUT2D eigenvalue weighted by Crippen LogP contribution is -2.44. The van der Waals surface area contributed by atoms with Crippen LogP contribution in [0.2, 0.25) is 0 Å². The smallest absolute Gasteiger partial charge is 0.282 e. The summed E-state index contributed by atoms with van der Waals surface area (Å²) in [4.78, 5) is 0. The van der Waals surface area contributed by atoms with Crippen molar-refractivity contribution >= 4 is 15.9 Å². The highest BCUT2D eigenvalue weighted by Crippen LogP contribution is 2.16. The van der Waals surface area contributed by atoms with Crippen LogP contribution in [0.1, 0.15) is 32.8 Å². The first kappa shape index (κ1) is 16.9. The van der Waals surface area contributed by atoms with Gasteiger partial charge in [0.15, 0.2) is 0 Å². The van der Waals surface area contributed by atoms with Crippen LogP contribution >= 0.6 is 0 Å². The summed E-state index contributed by atoms with van der Waals surface area (Å²) < 4.78 is 28.0. The van der Waals surface area contributed by atoms with Gasteiger partial charge >= 0.3 is 0 Å². The first-order valence-electron chi connectivity index (χ1n) is 6.86. The number of nitrogen functional groups attached to an aromatic ring is 1. The summed E-state index contributed by atoms with van der Waals surface area (Å²) in [7, 11) is -1.82. The van der Waals surface area contributed by atoms with Gasteiger partial charge in [0.05, 0.1) is 0 Å². The standard InChI is InChI=1S/C14H25N3O2S/c1-5-10-17(20(18,19)16(4)12(2)3)11-13-6-8-14(15)9-7-13/h6-9,12H,5,10-11,15H2,1-4H3. The molecular weight excluding hydrogens is 274 g/mol. The highest BCUT2D eigenvalue weighted by molar-refractivity contribution is 7.86. The lowest BCUT2D eigenvalue weighted by Gasteiger charge is -2.29. The number of anilines is 1. The predicted molar refractivity (Wildman–Crippen MR) is 83.4 cm³/mol. The van der Waals surface area contributed by atoms with Crippen LogP contribution < -0.4 is 5.73 Å². The summed E-state index contributed by atoms with van der Waals surface area (Å²) in [6, 6.07) is 7.24. The lowest BCUT2D eigenvalue weighted by atomic mass is 10.2. The van der Waals surface area contributed by atoms with Gasteiger partial charge in [-0.05, 0) is 38.0 Å². The maximum atomic E-state index is 12.6. The Labute approximate surface area is 122 Å². The number of nitrogens with zero attached hydrogens (tertiary/aromatic N) is 2. The molecule has 0 atom stereocenters. The maximum absolute atomic E-state index is 12.6. The van der Waals surface area contributed by atoms with Crippen molar-refractivity contribution in [3.63, 3.8) is 0 Å². The summed E-state index contributed by atoms with van der Waals surface area (Å²) in [6.07, 6.45) is 0.778. The zero-order valence-corrected chi connectivity index (χ0v) is 13.5. The third-order valence-electron chi connectivity index (χ3n) is 3.23. The van der Waals surface area contributed by atoms with Crippen molar-refractivity contribution in [2.45, 2.75) is 39.8 Å². The molecule has 1 aromatic rings. The van der Waals surface area contributed by atoms with Crippen LogP contribution in [0.15, 0.2) is 24.3 Å². The molecule has 114 valence electrons. The molecule has 1 rings (SSSR count). The van der Waals surface area contributed by atoms with Gasteiger partial charge in [0, 0.05) is 31.9 Å². The van der Waals surface area contributed by atoms with E-state index < -0.39 is 10.2 Å². The molecule has 6 heteroatoms. The normalized spacial score (nSPS) is 12.6. The summed E-state index contributed by atoms with van der Waals surface area (Å²) in [5, 5.41) is 0. The first-order chi connectivity index (χ1) is 9.28. The highest BCUT2D eigenvalue weighted by Gasteiger charge is 2.28. The van der Waals surface area contributed by atoms with E-state index >= 15 is 0 Å². The van der Waals surface area contributed by atoms with Crippen LogP contribution in [-0.4, -0.2) is 36.7 Å². The van der Waals surface area contributed by atoms with Gasteiger partial charge in [-0.25, -0.2) is 0 Å². The topological polar surface area (TPSA) is 66.6 Å². The van der Waals surface area contributed by atoms with Gasteiger partial charge in [-0.15, -0.1) is 0 Å². The number of benzene rings is 1. The Balaban J connectivity index is 2.96. The second-order valence-electron chi connectivity index (χ2n) is 5.19. The fourth-order valence-electron chi connectivity index (χ4n) is 1.80. The van der Waals surface area contributed by atoms with Crippen LogP contribution in [0.25, 0.3) is 0 Å². The molecule has 0 aliphatic rings. The lowest BCUT2D eigenvalue weighted by molar-refractivity contribution is 0.330. The number of nitrogens with two attached hydrogens (primary N) is 1. The molecule has 1 aromatic carbocycles. The van der Waals surface area contributed by atoms with Crippen molar-refractivity contribution < 1.29 is 8.42 Å². The van der Waals surface area contributed by atoms with Crippen LogP contribution in [-0.2, 0) is 16.8 Å². The first-order valence-corrected chi connectivity index (χ1v) is 8.26. The van der Waals surface area contributed by atoms with Gasteiger partial charge in [-0.1, -0.05) is 19.1 Å². The minimum atomic E-state index is -3.44. The van der Waals surface area contributed by atoms with Gasteiger partial charge in [0.1, 0.15) is 0 Å². The van der Waals surface area contributed by atoms with Gasteiger partial charge in [-0.3, -0.25) is 0 Å². The second kappa shape index (κ2) is 7.06. The molecule has 2 N–H and O–H groups in total. The molecule has 0 bridgehead atoms. The van der Waals surface area contributed by atoms with E-state index in [-0.39, 0.29) is 6.04 Å². The molecule has 0 radical (unpaired) electrons. The van der Waals surface area contributed by atoms with E-state index in [1.165, 1.54) is 8.61 Å². The molecule has 0 heterocycles. The minimum Gasteiger partial charge on any atom is -0.399 e. The van der Waals surface area contributed by atoms with Crippen LogP contribution in [0, 0.1) is 0 Å². The van der Waals surface area contributed by atoms with Crippen molar-refractivity contribution in [2.75, 3.05) is 19.3 Å². The van der Waals surface area contributed by atoms with E-state index in [9.17, 15) is 8.42 Å². The molecule has 0 fully saturated rings. The summed E-state index contributed by atoms with van der Waals surface area (Å²) in [5.41, 5.74) is 7.27. The molecule has 0 aliphatic heterocycles. The SMILES string of the molecule is CCCN(Cc1ccc(N)cc1)S(=O)(=O)N(C)C(C)C. The van der Waals surface area contributed by atoms with Crippen molar-refractivity contribution in [3.05, 3.63) is 29.8 Å². The van der Waals surface area contributed by atoms with E-state index in [2.05, 4.69) is 0 Å². The Morgan fingerprint density at radius 2 is 1.75 bits per heavy atom. The third-order valence-corrected chi connectivity index (χ3v) is 5.34. The van der Waals surface area contributed by atoms with Crippen molar-refractivity contribution in [3.8, 4) is 0 Å². The molecule has 0 spiro atoms. The Bertz CT molecular complexity index is 512. The molecule has 0 saturated carbocycles. The fraction of sp³-hybridized carbons (Fsp3) is 0.571. The third kappa shape index (κ3) is 4.19. The van der Waals surface area contributed by atoms with Gasteiger partial charge in [-0.2, -0.15) is 17.0 Å². The van der Waals surface area contributed by atoms with E-state index in [0.717, 1.165) is 12.0 Å². The maximum Gasteiger partial charge on any atom is 0.282 e. The van der Waals surface area contributed by atoms with Crippen molar-refractivity contribution in [2.24, 2.45) is 0 Å². The molecule has 0 unspecified atom stereocenters. The summed E-state index contributed by atoms with van der Waals surface area (Å²) in [5.74, 6) is 0. The Morgan fingerprint density at radius 1 is 1.20 bits per heavy atom. The van der Waals surface area contributed by atoms with Crippen LogP contribution in [0.5, 0.6) is 0 Å². The largest absolute Gasteiger partial charge is 0.399 e. The second-order valence-corrected chi connectivity index (χ2v) is 7.18. The highest BCUT2D eigenvalue weighted by atomic mass is 32.2. The number of rotatable bonds is 7. The molecule has 0 amide bonds. The Kier molecular flexibility index (Phi) is 5.98. The Hall–Kier alpha value is -1.11. The molecular formula is C14H25N3O2S. The van der Waals surface area contributed by atoms with Crippen LogP contribution in [0.3, 0.4) is 0 Å². The van der Waals surface area contributed by atoms with Gasteiger partial charge in [0.2, 0.25) is 0 Å². The van der Waals surface area contributed by atoms with Crippen LogP contribution in [0.4, 0.5) is 5.69 Å². The Morgan fingerprint density at radius 3 is 2.20 bits per heavy atom.